The Labute approximate surface area is 379 Å². The molecule has 1 nitrogen and oxygen atoms in total. The van der Waals surface area contributed by atoms with Gasteiger partial charge in [-0.1, -0.05) is 208 Å². The molecule has 2 heteroatoms. The van der Waals surface area contributed by atoms with Crippen LogP contribution < -0.4 is 20.7 Å². The van der Waals surface area contributed by atoms with Crippen LogP contribution in [0.15, 0.2) is 235 Å². The monoisotopic (exact) mass is 844 g/mol. The summed E-state index contributed by atoms with van der Waals surface area (Å²) in [6.07, 6.45) is 0. The molecule has 0 radical (unpaired) electrons. The van der Waals surface area contributed by atoms with Crippen LogP contribution in [0.2, 0.25) is 0 Å². The van der Waals surface area contributed by atoms with Crippen molar-refractivity contribution in [3.05, 3.63) is 242 Å². The van der Waals surface area contributed by atoms with Gasteiger partial charge in [-0.2, -0.15) is 0 Å². The molecule has 0 bridgehead atoms. The summed E-state index contributed by atoms with van der Waals surface area (Å²) in [4.78, 5) is 0. The molecule has 0 saturated carbocycles. The van der Waals surface area contributed by atoms with E-state index in [0.29, 0.717) is 0 Å². The van der Waals surface area contributed by atoms with Crippen molar-refractivity contribution in [1.82, 2.24) is 0 Å². The maximum absolute atomic E-state index is 6.85. The van der Waals surface area contributed by atoms with Crippen LogP contribution in [0.5, 0.6) is 0 Å². The van der Waals surface area contributed by atoms with Gasteiger partial charge >= 0.3 is 0 Å². The number of fused-ring (bicyclic) bond motifs is 9. The van der Waals surface area contributed by atoms with Crippen LogP contribution in [-0.4, -0.2) is 8.07 Å². The van der Waals surface area contributed by atoms with Gasteiger partial charge in [0.15, 0.2) is 8.07 Å². The molecule has 0 aliphatic heterocycles. The van der Waals surface area contributed by atoms with E-state index in [-0.39, 0.29) is 5.41 Å². The van der Waals surface area contributed by atoms with Crippen LogP contribution in [0.4, 0.5) is 0 Å². The zero-order valence-electron chi connectivity index (χ0n) is 36.3. The molecular formula is C63H44OSi. The lowest BCUT2D eigenvalue weighted by Crippen LogP contribution is -2.74. The molecule has 12 aromatic rings. The Hall–Kier alpha value is -7.78. The summed E-state index contributed by atoms with van der Waals surface area (Å²) in [7, 11) is -2.72. The minimum atomic E-state index is -2.72. The first-order valence-electron chi connectivity index (χ1n) is 22.7. The first-order valence-corrected chi connectivity index (χ1v) is 24.7. The zero-order valence-corrected chi connectivity index (χ0v) is 37.3. The van der Waals surface area contributed by atoms with Crippen LogP contribution in [0.25, 0.3) is 87.6 Å². The summed E-state index contributed by atoms with van der Waals surface area (Å²) in [5.74, 6) is 0. The molecule has 0 fully saturated rings. The molecule has 1 heterocycles. The first-order chi connectivity index (χ1) is 32.0. The first kappa shape index (κ1) is 37.7. The summed E-state index contributed by atoms with van der Waals surface area (Å²) in [5.41, 5.74) is 12.0. The summed E-state index contributed by atoms with van der Waals surface area (Å²) in [6, 6.07) is 86.0. The summed E-state index contributed by atoms with van der Waals surface area (Å²) in [5, 5.41) is 15.2. The maximum atomic E-state index is 6.85. The molecule has 0 unspecified atom stereocenters. The third kappa shape index (κ3) is 5.57. The van der Waals surface area contributed by atoms with Gasteiger partial charge < -0.3 is 4.42 Å². The molecule has 0 N–H and O–H groups in total. The van der Waals surface area contributed by atoms with E-state index in [1.807, 2.05) is 0 Å². The number of furan rings is 1. The number of benzene rings is 11. The van der Waals surface area contributed by atoms with Crippen LogP contribution >= 0.6 is 0 Å². The van der Waals surface area contributed by atoms with Crippen molar-refractivity contribution in [1.29, 1.82) is 0 Å². The van der Waals surface area contributed by atoms with Gasteiger partial charge in [0.05, 0.1) is 0 Å². The van der Waals surface area contributed by atoms with E-state index in [9.17, 15) is 0 Å². The number of rotatable bonds is 6. The topological polar surface area (TPSA) is 13.1 Å². The third-order valence-electron chi connectivity index (χ3n) is 14.6. The van der Waals surface area contributed by atoms with Crippen LogP contribution in [-0.2, 0) is 5.41 Å². The SMILES string of the molecule is CC1(C)c2cc(-c3c4ccccc4c(-c4ccc5c(c4)oc4ccc([Si](c6ccccc6)(c6ccccc6)c6ccccc6)cc45)c4ccccc34)ccc2-c2cc3ccccc3cc21. The van der Waals surface area contributed by atoms with Crippen molar-refractivity contribution in [2.75, 3.05) is 0 Å². The van der Waals surface area contributed by atoms with Gasteiger partial charge in [-0.15, -0.1) is 0 Å². The fraction of sp³-hybridized carbons (Fsp3) is 0.0476. The van der Waals surface area contributed by atoms with Gasteiger partial charge in [0.25, 0.3) is 0 Å². The Morgan fingerprint density at radius 2 is 0.800 bits per heavy atom. The van der Waals surface area contributed by atoms with Crippen molar-refractivity contribution in [3.63, 3.8) is 0 Å². The molecule has 0 spiro atoms. The quantitative estimate of drug-likeness (QED) is 0.0923. The maximum Gasteiger partial charge on any atom is 0.179 e. The van der Waals surface area contributed by atoms with Gasteiger partial charge in [-0.25, -0.2) is 0 Å². The molecular weight excluding hydrogens is 801 g/mol. The zero-order chi connectivity index (χ0) is 43.3. The van der Waals surface area contributed by atoms with E-state index in [0.717, 1.165) is 27.5 Å². The Morgan fingerprint density at radius 1 is 0.323 bits per heavy atom. The van der Waals surface area contributed by atoms with Crippen LogP contribution in [0.3, 0.4) is 0 Å². The summed E-state index contributed by atoms with van der Waals surface area (Å²) < 4.78 is 6.85. The average molecular weight is 845 g/mol. The molecule has 1 aromatic heterocycles. The highest BCUT2D eigenvalue weighted by atomic mass is 28.3. The van der Waals surface area contributed by atoms with Crippen molar-refractivity contribution in [3.8, 4) is 33.4 Å². The molecule has 1 aliphatic carbocycles. The molecule has 13 rings (SSSR count). The lowest BCUT2D eigenvalue weighted by Gasteiger charge is -2.34. The Kier molecular flexibility index (Phi) is 8.34. The van der Waals surface area contributed by atoms with E-state index in [1.54, 1.807) is 0 Å². The fourth-order valence-corrected chi connectivity index (χ4v) is 16.3. The van der Waals surface area contributed by atoms with E-state index in [1.165, 1.54) is 92.0 Å². The Bertz CT molecular complexity index is 3690. The van der Waals surface area contributed by atoms with Gasteiger partial charge in [0, 0.05) is 16.2 Å². The van der Waals surface area contributed by atoms with Crippen molar-refractivity contribution < 1.29 is 4.42 Å². The summed E-state index contributed by atoms with van der Waals surface area (Å²) >= 11 is 0. The van der Waals surface area contributed by atoms with E-state index >= 15 is 0 Å². The highest BCUT2D eigenvalue weighted by molar-refractivity contribution is 7.20. The average Bonchev–Trinajstić information content (AvgIpc) is 3.83. The van der Waals surface area contributed by atoms with Crippen molar-refractivity contribution in [2.45, 2.75) is 19.3 Å². The second-order valence-electron chi connectivity index (χ2n) is 18.3. The second kappa shape index (κ2) is 14.4. The molecule has 306 valence electrons. The second-order valence-corrected chi connectivity index (χ2v) is 22.2. The van der Waals surface area contributed by atoms with E-state index in [2.05, 4.69) is 244 Å². The highest BCUT2D eigenvalue weighted by Crippen LogP contribution is 2.52. The summed E-state index contributed by atoms with van der Waals surface area (Å²) in [6.45, 7) is 4.78. The van der Waals surface area contributed by atoms with E-state index in [4.69, 9.17) is 4.42 Å². The molecule has 0 saturated heterocycles. The number of hydrogen-bond acceptors (Lipinski definition) is 1. The van der Waals surface area contributed by atoms with Crippen LogP contribution in [0.1, 0.15) is 25.0 Å². The smallest absolute Gasteiger partial charge is 0.179 e. The third-order valence-corrected chi connectivity index (χ3v) is 19.4. The highest BCUT2D eigenvalue weighted by Gasteiger charge is 2.42. The normalized spacial score (nSPS) is 13.2. The predicted molar refractivity (Wildman–Crippen MR) is 278 cm³/mol. The lowest BCUT2D eigenvalue weighted by atomic mass is 9.80. The molecule has 0 atom stereocenters. The van der Waals surface area contributed by atoms with Crippen molar-refractivity contribution in [2.24, 2.45) is 0 Å². The van der Waals surface area contributed by atoms with Crippen LogP contribution in [0, 0.1) is 0 Å². The van der Waals surface area contributed by atoms with E-state index < -0.39 is 8.07 Å². The van der Waals surface area contributed by atoms with Gasteiger partial charge in [0.2, 0.25) is 0 Å². The minimum absolute atomic E-state index is 0.132. The Morgan fingerprint density at radius 3 is 1.37 bits per heavy atom. The molecule has 65 heavy (non-hydrogen) atoms. The number of hydrogen-bond donors (Lipinski definition) is 0. The Balaban J connectivity index is 0.983. The minimum Gasteiger partial charge on any atom is -0.456 e. The fourth-order valence-electron chi connectivity index (χ4n) is 11.6. The predicted octanol–water partition coefficient (Wildman–Crippen LogP) is 14.1. The van der Waals surface area contributed by atoms with Gasteiger partial charge in [0.1, 0.15) is 11.2 Å². The molecule has 11 aromatic carbocycles. The standard InChI is InChI=1S/C63H44OSi/c1-63(2)57-38-43(30-33-49(57)55-36-41-18-12-13-19-42(41)37-58(55)63)61-51-26-14-16-28-53(51)62(54-29-17-15-27-52(54)61)44-31-34-50-56-40-48(32-35-59(56)64-60(50)39-44)65(45-20-6-3-7-21-45,46-22-8-4-9-23-46)47-24-10-5-11-25-47/h3-40H,1-2H3. The van der Waals surface area contributed by atoms with Gasteiger partial charge in [-0.3, -0.25) is 0 Å². The molecule has 0 amide bonds. The van der Waals surface area contributed by atoms with Gasteiger partial charge in [-0.05, 0) is 134 Å². The molecule has 1 aliphatic rings. The lowest BCUT2D eigenvalue weighted by molar-refractivity contribution is 0.661. The van der Waals surface area contributed by atoms with Crippen molar-refractivity contribution >= 4 is 83.1 Å². The largest absolute Gasteiger partial charge is 0.456 e.